The van der Waals surface area contributed by atoms with Crippen LogP contribution in [0.5, 0.6) is 0 Å². The molecule has 0 saturated heterocycles. The SMILES string of the molecule is CSCC(=O)N(CCC(C)C)c1c(N)n(Cc2ccccc2)c(=O)[nH]c1=O. The molecule has 0 atom stereocenters. The number of H-pyrrole nitrogens is 1. The fourth-order valence-corrected chi connectivity index (χ4v) is 3.11. The predicted octanol–water partition coefficient (Wildman–Crippen LogP) is 1.91. The lowest BCUT2D eigenvalue weighted by Gasteiger charge is -2.25. The number of thioether (sulfide) groups is 1. The van der Waals surface area contributed by atoms with Gasteiger partial charge in [0, 0.05) is 6.54 Å². The minimum atomic E-state index is -0.639. The number of hydrogen-bond acceptors (Lipinski definition) is 5. The van der Waals surface area contributed by atoms with Crippen molar-refractivity contribution in [2.24, 2.45) is 5.92 Å². The number of aromatic nitrogens is 2. The number of nitrogens with zero attached hydrogens (tertiary/aromatic N) is 2. The highest BCUT2D eigenvalue weighted by Gasteiger charge is 2.24. The van der Waals surface area contributed by atoms with E-state index in [2.05, 4.69) is 4.98 Å². The normalized spacial score (nSPS) is 11.0. The van der Waals surface area contributed by atoms with Crippen molar-refractivity contribution >= 4 is 29.2 Å². The molecule has 8 heteroatoms. The molecule has 0 fully saturated rings. The van der Waals surface area contributed by atoms with Gasteiger partial charge in [-0.2, -0.15) is 11.8 Å². The first-order valence-corrected chi connectivity index (χ1v) is 10.2. The number of aromatic amines is 1. The quantitative estimate of drug-likeness (QED) is 0.717. The Bertz CT molecular complexity index is 890. The van der Waals surface area contributed by atoms with E-state index in [1.54, 1.807) is 0 Å². The molecule has 2 aromatic rings. The minimum Gasteiger partial charge on any atom is -0.383 e. The fraction of sp³-hybridized carbons (Fsp3) is 0.421. The number of amides is 1. The molecule has 2 rings (SSSR count). The van der Waals surface area contributed by atoms with Gasteiger partial charge in [0.25, 0.3) is 5.56 Å². The van der Waals surface area contributed by atoms with Crippen molar-refractivity contribution < 1.29 is 4.79 Å². The van der Waals surface area contributed by atoms with E-state index in [1.807, 2.05) is 50.4 Å². The van der Waals surface area contributed by atoms with E-state index in [9.17, 15) is 14.4 Å². The summed E-state index contributed by atoms with van der Waals surface area (Å²) in [4.78, 5) is 41.2. The summed E-state index contributed by atoms with van der Waals surface area (Å²) in [5, 5.41) is 0. The highest BCUT2D eigenvalue weighted by molar-refractivity contribution is 7.99. The third-order valence-corrected chi connectivity index (χ3v) is 4.70. The van der Waals surface area contributed by atoms with E-state index in [-0.39, 0.29) is 29.7 Å². The lowest BCUT2D eigenvalue weighted by molar-refractivity contribution is -0.116. The summed E-state index contributed by atoms with van der Waals surface area (Å²) in [7, 11) is 0. The Balaban J connectivity index is 2.52. The maximum Gasteiger partial charge on any atom is 0.330 e. The van der Waals surface area contributed by atoms with E-state index in [4.69, 9.17) is 5.73 Å². The molecule has 1 aromatic heterocycles. The van der Waals surface area contributed by atoms with Gasteiger partial charge in [0.1, 0.15) is 5.82 Å². The molecule has 0 spiro atoms. The summed E-state index contributed by atoms with van der Waals surface area (Å²) in [5.74, 6) is 0.385. The third-order valence-electron chi connectivity index (χ3n) is 4.17. The van der Waals surface area contributed by atoms with E-state index < -0.39 is 11.2 Å². The number of carbonyl (C=O) groups excluding carboxylic acids is 1. The van der Waals surface area contributed by atoms with Crippen molar-refractivity contribution in [2.45, 2.75) is 26.8 Å². The molecule has 146 valence electrons. The van der Waals surface area contributed by atoms with Crippen LogP contribution < -0.4 is 21.9 Å². The van der Waals surface area contributed by atoms with Crippen LogP contribution in [0.1, 0.15) is 25.8 Å². The van der Waals surface area contributed by atoms with Crippen LogP contribution in [0, 0.1) is 5.92 Å². The highest BCUT2D eigenvalue weighted by atomic mass is 32.2. The van der Waals surface area contributed by atoms with Crippen molar-refractivity contribution in [1.29, 1.82) is 0 Å². The van der Waals surface area contributed by atoms with Gasteiger partial charge >= 0.3 is 5.69 Å². The van der Waals surface area contributed by atoms with Crippen LogP contribution in [-0.2, 0) is 11.3 Å². The number of rotatable bonds is 8. The van der Waals surface area contributed by atoms with Gasteiger partial charge in [-0.1, -0.05) is 44.2 Å². The summed E-state index contributed by atoms with van der Waals surface area (Å²) in [6.45, 7) is 4.67. The molecule has 3 N–H and O–H groups in total. The Morgan fingerprint density at radius 1 is 1.26 bits per heavy atom. The molecule has 0 radical (unpaired) electrons. The smallest absolute Gasteiger partial charge is 0.330 e. The molecule has 0 bridgehead atoms. The van der Waals surface area contributed by atoms with E-state index in [1.165, 1.54) is 21.2 Å². The number of nitrogens with two attached hydrogens (primary N) is 1. The first kappa shape index (κ1) is 20.8. The second-order valence-corrected chi connectivity index (χ2v) is 7.59. The highest BCUT2D eigenvalue weighted by Crippen LogP contribution is 2.20. The molecule has 27 heavy (non-hydrogen) atoms. The molecule has 0 aliphatic rings. The maximum atomic E-state index is 12.6. The van der Waals surface area contributed by atoms with Crippen LogP contribution in [0.15, 0.2) is 39.9 Å². The third kappa shape index (κ3) is 5.26. The molecule has 1 amide bonds. The van der Waals surface area contributed by atoms with Crippen molar-refractivity contribution in [3.8, 4) is 0 Å². The molecule has 0 saturated carbocycles. The van der Waals surface area contributed by atoms with Crippen LogP contribution in [-0.4, -0.2) is 34.0 Å². The molecule has 0 unspecified atom stereocenters. The number of carbonyl (C=O) groups is 1. The van der Waals surface area contributed by atoms with Gasteiger partial charge in [-0.15, -0.1) is 0 Å². The second kappa shape index (κ2) is 9.45. The van der Waals surface area contributed by atoms with Crippen LogP contribution in [0.4, 0.5) is 11.5 Å². The van der Waals surface area contributed by atoms with Gasteiger partial charge in [-0.25, -0.2) is 4.79 Å². The lowest BCUT2D eigenvalue weighted by Crippen LogP contribution is -2.42. The van der Waals surface area contributed by atoms with Crippen molar-refractivity contribution in [3.05, 3.63) is 56.7 Å². The number of hydrogen-bond donors (Lipinski definition) is 2. The fourth-order valence-electron chi connectivity index (χ4n) is 2.71. The maximum absolute atomic E-state index is 12.6. The monoisotopic (exact) mass is 390 g/mol. The zero-order valence-electron chi connectivity index (χ0n) is 15.9. The molecule has 1 aromatic carbocycles. The molecule has 0 aliphatic carbocycles. The zero-order chi connectivity index (χ0) is 20.0. The minimum absolute atomic E-state index is 0.00538. The first-order chi connectivity index (χ1) is 12.8. The summed E-state index contributed by atoms with van der Waals surface area (Å²) in [6, 6.07) is 9.33. The van der Waals surface area contributed by atoms with Crippen LogP contribution >= 0.6 is 11.8 Å². The number of nitrogen functional groups attached to an aromatic ring is 1. The largest absolute Gasteiger partial charge is 0.383 e. The van der Waals surface area contributed by atoms with Crippen molar-refractivity contribution in [3.63, 3.8) is 0 Å². The average Bonchev–Trinajstić information content (AvgIpc) is 2.62. The average molecular weight is 391 g/mol. The topological polar surface area (TPSA) is 101 Å². The van der Waals surface area contributed by atoms with Gasteiger partial charge < -0.3 is 10.6 Å². The van der Waals surface area contributed by atoms with Crippen LogP contribution in [0.25, 0.3) is 0 Å². The summed E-state index contributed by atoms with van der Waals surface area (Å²) in [5.41, 5.74) is 5.90. The second-order valence-electron chi connectivity index (χ2n) is 6.73. The Hall–Kier alpha value is -2.48. The van der Waals surface area contributed by atoms with Gasteiger partial charge in [0.15, 0.2) is 5.69 Å². The first-order valence-electron chi connectivity index (χ1n) is 8.81. The Morgan fingerprint density at radius 3 is 2.52 bits per heavy atom. The Kier molecular flexibility index (Phi) is 7.29. The van der Waals surface area contributed by atoms with Gasteiger partial charge in [0.05, 0.1) is 12.3 Å². The molecule has 0 aliphatic heterocycles. The van der Waals surface area contributed by atoms with Crippen molar-refractivity contribution in [1.82, 2.24) is 9.55 Å². The predicted molar refractivity (Wildman–Crippen MR) is 111 cm³/mol. The van der Waals surface area contributed by atoms with E-state index >= 15 is 0 Å². The molecular weight excluding hydrogens is 364 g/mol. The standard InChI is InChI=1S/C19H26N4O3S/c1-13(2)9-10-22(15(24)12-27-3)16-17(20)23(19(26)21-18(16)25)11-14-7-5-4-6-8-14/h4-8,13H,9-12,20H2,1-3H3,(H,21,25,26). The Labute approximate surface area is 162 Å². The van der Waals surface area contributed by atoms with Gasteiger partial charge in [-0.05, 0) is 24.2 Å². The van der Waals surface area contributed by atoms with E-state index in [0.29, 0.717) is 12.5 Å². The summed E-state index contributed by atoms with van der Waals surface area (Å²) < 4.78 is 1.29. The van der Waals surface area contributed by atoms with E-state index in [0.717, 1.165) is 12.0 Å². The summed E-state index contributed by atoms with van der Waals surface area (Å²) >= 11 is 1.38. The molecule has 1 heterocycles. The molecule has 7 nitrogen and oxygen atoms in total. The number of nitrogens with one attached hydrogen (secondary N) is 1. The lowest BCUT2D eigenvalue weighted by atomic mass is 10.1. The van der Waals surface area contributed by atoms with Crippen molar-refractivity contribution in [2.75, 3.05) is 29.2 Å². The molecular formula is C19H26N4O3S. The van der Waals surface area contributed by atoms with Crippen LogP contribution in [0.2, 0.25) is 0 Å². The Morgan fingerprint density at radius 2 is 1.93 bits per heavy atom. The zero-order valence-corrected chi connectivity index (χ0v) is 16.7. The van der Waals surface area contributed by atoms with Crippen LogP contribution in [0.3, 0.4) is 0 Å². The van der Waals surface area contributed by atoms with Gasteiger partial charge in [0.2, 0.25) is 5.91 Å². The number of benzene rings is 1. The van der Waals surface area contributed by atoms with Gasteiger partial charge in [-0.3, -0.25) is 19.1 Å². The summed E-state index contributed by atoms with van der Waals surface area (Å²) in [6.07, 6.45) is 2.54. The number of anilines is 2.